The lowest BCUT2D eigenvalue weighted by Crippen LogP contribution is -2.17. The fraction of sp³-hybridized carbons (Fsp3) is 0.111. The normalized spacial score (nSPS) is 14.6. The van der Waals surface area contributed by atoms with Gasteiger partial charge in [-0.1, -0.05) is 179 Å². The van der Waals surface area contributed by atoms with Crippen molar-refractivity contribution < 1.29 is 0 Å². The maximum atomic E-state index is 2.47. The molecular weight excluding hydrogens is 649 g/mol. The zero-order chi connectivity index (χ0) is 36.3. The van der Waals surface area contributed by atoms with Gasteiger partial charge >= 0.3 is 0 Å². The van der Waals surface area contributed by atoms with Gasteiger partial charge in [-0.15, -0.1) is 0 Å². The van der Waals surface area contributed by atoms with Gasteiger partial charge in [0.1, 0.15) is 0 Å². The summed E-state index contributed by atoms with van der Waals surface area (Å²) in [5.41, 5.74) is 18.9. The Kier molecular flexibility index (Phi) is 6.46. The van der Waals surface area contributed by atoms with Gasteiger partial charge in [-0.25, -0.2) is 0 Å². The maximum absolute atomic E-state index is 2.47. The average molecular weight is 689 g/mol. The van der Waals surface area contributed by atoms with Crippen LogP contribution in [-0.2, 0) is 10.8 Å². The molecule has 0 bridgehead atoms. The number of hydrogen-bond acceptors (Lipinski definition) is 0. The highest BCUT2D eigenvalue weighted by Gasteiger charge is 2.43. The van der Waals surface area contributed by atoms with Gasteiger partial charge in [0, 0.05) is 10.8 Å². The summed E-state index contributed by atoms with van der Waals surface area (Å²) in [5, 5.41) is 7.64. The molecule has 0 heterocycles. The monoisotopic (exact) mass is 688 g/mol. The van der Waals surface area contributed by atoms with Crippen molar-refractivity contribution in [3.05, 3.63) is 192 Å². The molecule has 0 heteroatoms. The van der Waals surface area contributed by atoms with Gasteiger partial charge in [-0.05, 0) is 128 Å². The minimum atomic E-state index is -0.0925. The van der Waals surface area contributed by atoms with Crippen molar-refractivity contribution in [2.75, 3.05) is 0 Å². The van der Waals surface area contributed by atoms with E-state index in [1.165, 1.54) is 110 Å². The molecule has 0 aromatic heterocycles. The van der Waals surface area contributed by atoms with E-state index >= 15 is 0 Å². The fourth-order valence-corrected chi connectivity index (χ4v) is 10.1. The molecule has 0 spiro atoms. The minimum Gasteiger partial charge on any atom is -0.0622 e. The molecule has 9 aromatic rings. The predicted octanol–water partition coefficient (Wildman–Crippen LogP) is 14.8. The Morgan fingerprint density at radius 1 is 0.278 bits per heavy atom. The van der Waals surface area contributed by atoms with Crippen LogP contribution in [0.4, 0.5) is 0 Å². The van der Waals surface area contributed by atoms with Gasteiger partial charge < -0.3 is 0 Å². The van der Waals surface area contributed by atoms with E-state index in [9.17, 15) is 0 Å². The summed E-state index contributed by atoms with van der Waals surface area (Å²) in [5.74, 6) is 0. The first-order chi connectivity index (χ1) is 26.3. The van der Waals surface area contributed by atoms with Crippen LogP contribution >= 0.6 is 0 Å². The van der Waals surface area contributed by atoms with Crippen LogP contribution < -0.4 is 0 Å². The summed E-state index contributed by atoms with van der Waals surface area (Å²) in [7, 11) is 0. The smallest absolute Gasteiger partial charge is 0.0159 e. The minimum absolute atomic E-state index is 0.00936. The Morgan fingerprint density at radius 3 is 1.35 bits per heavy atom. The van der Waals surface area contributed by atoms with Gasteiger partial charge in [0.2, 0.25) is 0 Å². The first-order valence-electron chi connectivity index (χ1n) is 19.3. The third-order valence-corrected chi connectivity index (χ3v) is 12.8. The zero-order valence-corrected chi connectivity index (χ0v) is 31.2. The Morgan fingerprint density at radius 2 is 0.722 bits per heavy atom. The van der Waals surface area contributed by atoms with Crippen molar-refractivity contribution in [2.45, 2.75) is 38.5 Å². The molecule has 0 aliphatic heterocycles. The molecule has 11 rings (SSSR count). The number of fused-ring (bicyclic) bond motifs is 10. The summed E-state index contributed by atoms with van der Waals surface area (Å²) < 4.78 is 0. The van der Waals surface area contributed by atoms with Crippen LogP contribution in [0.3, 0.4) is 0 Å². The largest absolute Gasteiger partial charge is 0.0622 e. The van der Waals surface area contributed by atoms with Crippen LogP contribution in [0, 0.1) is 0 Å². The van der Waals surface area contributed by atoms with Gasteiger partial charge in [0.25, 0.3) is 0 Å². The molecule has 0 amide bonds. The van der Waals surface area contributed by atoms with Gasteiger partial charge in [-0.3, -0.25) is 0 Å². The quantitative estimate of drug-likeness (QED) is 0.162. The highest BCUT2D eigenvalue weighted by molar-refractivity contribution is 6.21. The first-order valence-corrected chi connectivity index (χ1v) is 19.3. The van der Waals surface area contributed by atoms with Gasteiger partial charge in [-0.2, -0.15) is 0 Å². The maximum Gasteiger partial charge on any atom is 0.0159 e. The molecule has 0 unspecified atom stereocenters. The Hall–Kier alpha value is -6.24. The van der Waals surface area contributed by atoms with Crippen molar-refractivity contribution >= 4 is 32.3 Å². The lowest BCUT2D eigenvalue weighted by atomic mass is 9.79. The second-order valence-electron chi connectivity index (χ2n) is 16.5. The molecular formula is C54H40. The highest BCUT2D eigenvalue weighted by atomic mass is 14.5. The topological polar surface area (TPSA) is 0 Å². The van der Waals surface area contributed by atoms with E-state index in [0.29, 0.717) is 0 Å². The molecule has 9 aromatic carbocycles. The molecule has 0 atom stereocenters. The standard InChI is InChI=1S/C54H40/c1-53(2)45-21-13-12-20-43(45)51-46(53)28-29-47-52(51)44-27-26-37(32-48(44)54(47,3)4)35-22-23-36-31-38(25-24-34(36)30-35)50-41-18-10-8-16-39(41)49(33-14-6-5-7-15-33)40-17-9-11-19-42(40)50/h5-32H,1-4H3. The Balaban J connectivity index is 1.03. The lowest BCUT2D eigenvalue weighted by Gasteiger charge is -2.24. The van der Waals surface area contributed by atoms with Crippen molar-refractivity contribution in [1.82, 2.24) is 0 Å². The van der Waals surface area contributed by atoms with Gasteiger partial charge in [0.15, 0.2) is 0 Å². The molecule has 256 valence electrons. The molecule has 0 N–H and O–H groups in total. The lowest BCUT2D eigenvalue weighted by molar-refractivity contribution is 0.651. The average Bonchev–Trinajstić information content (AvgIpc) is 3.59. The summed E-state index contributed by atoms with van der Waals surface area (Å²) in [6, 6.07) is 63.7. The molecule has 0 fully saturated rings. The van der Waals surface area contributed by atoms with E-state index in [1.807, 2.05) is 0 Å². The van der Waals surface area contributed by atoms with Crippen LogP contribution in [0.5, 0.6) is 0 Å². The number of hydrogen-bond donors (Lipinski definition) is 0. The molecule has 0 saturated carbocycles. The van der Waals surface area contributed by atoms with Crippen molar-refractivity contribution in [1.29, 1.82) is 0 Å². The number of benzene rings is 9. The second kappa shape index (κ2) is 11.1. The van der Waals surface area contributed by atoms with Crippen LogP contribution in [0.1, 0.15) is 49.9 Å². The van der Waals surface area contributed by atoms with Crippen LogP contribution in [-0.4, -0.2) is 0 Å². The Bertz CT molecular complexity index is 2970. The first kappa shape index (κ1) is 31.3. The van der Waals surface area contributed by atoms with E-state index < -0.39 is 0 Å². The zero-order valence-electron chi connectivity index (χ0n) is 31.2. The van der Waals surface area contributed by atoms with Crippen molar-refractivity contribution in [2.24, 2.45) is 0 Å². The second-order valence-corrected chi connectivity index (χ2v) is 16.5. The molecule has 54 heavy (non-hydrogen) atoms. The highest BCUT2D eigenvalue weighted by Crippen LogP contribution is 2.59. The van der Waals surface area contributed by atoms with E-state index in [1.54, 1.807) is 0 Å². The van der Waals surface area contributed by atoms with E-state index in [2.05, 4.69) is 198 Å². The summed E-state index contributed by atoms with van der Waals surface area (Å²) in [6.07, 6.45) is 0. The third kappa shape index (κ3) is 4.26. The van der Waals surface area contributed by atoms with E-state index in [4.69, 9.17) is 0 Å². The predicted molar refractivity (Wildman–Crippen MR) is 230 cm³/mol. The summed E-state index contributed by atoms with van der Waals surface area (Å²) in [4.78, 5) is 0. The number of rotatable bonds is 3. The molecule has 2 aliphatic rings. The summed E-state index contributed by atoms with van der Waals surface area (Å²) in [6.45, 7) is 9.56. The van der Waals surface area contributed by atoms with E-state index in [0.717, 1.165) is 0 Å². The SMILES string of the molecule is CC1(C)c2ccccc2-c2c1ccc1c2-c2ccc(-c3ccc4cc(-c5c6ccccc6c(-c6ccccc6)c6ccccc56)ccc4c3)cc2C1(C)C. The third-order valence-electron chi connectivity index (χ3n) is 12.8. The molecule has 0 nitrogen and oxygen atoms in total. The van der Waals surface area contributed by atoms with Gasteiger partial charge in [0.05, 0.1) is 0 Å². The molecule has 0 radical (unpaired) electrons. The van der Waals surface area contributed by atoms with Crippen molar-refractivity contribution in [3.8, 4) is 55.6 Å². The summed E-state index contributed by atoms with van der Waals surface area (Å²) >= 11 is 0. The molecule has 2 aliphatic carbocycles. The fourth-order valence-electron chi connectivity index (χ4n) is 10.1. The van der Waals surface area contributed by atoms with Crippen LogP contribution in [0.15, 0.2) is 170 Å². The van der Waals surface area contributed by atoms with E-state index in [-0.39, 0.29) is 10.8 Å². The Labute approximate surface area is 317 Å². The molecule has 0 saturated heterocycles. The van der Waals surface area contributed by atoms with Crippen molar-refractivity contribution in [3.63, 3.8) is 0 Å². The van der Waals surface area contributed by atoms with Crippen LogP contribution in [0.2, 0.25) is 0 Å². The van der Waals surface area contributed by atoms with Crippen LogP contribution in [0.25, 0.3) is 88.0 Å².